The lowest BCUT2D eigenvalue weighted by atomic mass is 9.54. The SMILES string of the molecule is CN1C/C(=C\c2cccc3ccccc23)C(=O)[C@@]2(C1)[C@H](c1cccc3ccccc13)[C@H]1CSCN1[C@]21C(=O)c2cccc3cccc1c23. The van der Waals surface area contributed by atoms with Crippen LogP contribution in [0.1, 0.15) is 33.0 Å². The first-order valence-electron chi connectivity index (χ1n) is 16.8. The molecule has 0 saturated carbocycles. The molecule has 0 radical (unpaired) electrons. The molecule has 234 valence electrons. The van der Waals surface area contributed by atoms with E-state index < -0.39 is 11.0 Å². The first kappa shape index (κ1) is 28.5. The van der Waals surface area contributed by atoms with Gasteiger partial charge in [0.15, 0.2) is 11.6 Å². The number of likely N-dealkylation sites (tertiary alicyclic amines) is 1. The summed E-state index contributed by atoms with van der Waals surface area (Å²) in [7, 11) is 2.13. The van der Waals surface area contributed by atoms with Gasteiger partial charge in [0.25, 0.3) is 0 Å². The van der Waals surface area contributed by atoms with E-state index in [2.05, 4.69) is 132 Å². The number of carbonyl (C=O) groups excluding carboxylic acids is 2. The second kappa shape index (κ2) is 10.2. The van der Waals surface area contributed by atoms with Crippen LogP contribution >= 0.6 is 11.8 Å². The summed E-state index contributed by atoms with van der Waals surface area (Å²) < 4.78 is 0. The molecule has 6 aromatic carbocycles. The second-order valence-electron chi connectivity index (χ2n) is 14.0. The Hall–Kier alpha value is -4.55. The van der Waals surface area contributed by atoms with Crippen molar-refractivity contribution in [2.45, 2.75) is 17.5 Å². The molecule has 3 aliphatic heterocycles. The standard InChI is InChI=1S/C43H34N2O2S/c1-44-23-31(22-30-16-6-12-27-10-2-4-17-32(27)30)40(46)42(25-44)39(34-19-7-13-28-11-3-5-18-33(28)34)37-24-48-26-45(37)43(42)36-21-9-15-29-14-8-20-35(38(29)36)41(43)47/h2-22,37,39H,23-26H2,1H3/b31-22+/t37-,39-,42-,43-/m1/s1. The quantitative estimate of drug-likeness (QED) is 0.178. The van der Waals surface area contributed by atoms with Crippen molar-refractivity contribution < 1.29 is 9.59 Å². The zero-order valence-electron chi connectivity index (χ0n) is 26.7. The summed E-state index contributed by atoms with van der Waals surface area (Å²) in [4.78, 5) is 36.5. The number of ketones is 2. The van der Waals surface area contributed by atoms with E-state index in [1.807, 2.05) is 23.9 Å². The Bertz CT molecular complexity index is 2380. The summed E-state index contributed by atoms with van der Waals surface area (Å²) in [5, 5.41) is 6.68. The number of carbonyl (C=O) groups is 2. The smallest absolute Gasteiger partial charge is 0.189 e. The van der Waals surface area contributed by atoms with E-state index in [0.717, 1.165) is 54.9 Å². The summed E-state index contributed by atoms with van der Waals surface area (Å²) in [6.07, 6.45) is 2.13. The zero-order chi connectivity index (χ0) is 32.2. The van der Waals surface area contributed by atoms with Gasteiger partial charge >= 0.3 is 0 Å². The highest BCUT2D eigenvalue weighted by atomic mass is 32.2. The van der Waals surface area contributed by atoms with Crippen LogP contribution in [0.5, 0.6) is 0 Å². The molecule has 1 aliphatic carbocycles. The van der Waals surface area contributed by atoms with Gasteiger partial charge in [0.2, 0.25) is 0 Å². The molecule has 4 atom stereocenters. The van der Waals surface area contributed by atoms with Gasteiger partial charge in [0.05, 0.1) is 5.41 Å². The van der Waals surface area contributed by atoms with Crippen LogP contribution in [0.25, 0.3) is 38.4 Å². The first-order chi connectivity index (χ1) is 23.5. The van der Waals surface area contributed by atoms with Crippen LogP contribution in [0.3, 0.4) is 0 Å². The third-order valence-electron chi connectivity index (χ3n) is 11.7. The van der Waals surface area contributed by atoms with Crippen LogP contribution in [0, 0.1) is 5.41 Å². The Morgan fingerprint density at radius 1 is 0.729 bits per heavy atom. The largest absolute Gasteiger partial charge is 0.301 e. The number of fused-ring (bicyclic) bond motifs is 6. The Balaban J connectivity index is 1.31. The maximum Gasteiger partial charge on any atom is 0.189 e. The Labute approximate surface area is 284 Å². The number of hydrogen-bond donors (Lipinski definition) is 0. The fourth-order valence-corrected chi connectivity index (χ4v) is 11.5. The lowest BCUT2D eigenvalue weighted by molar-refractivity contribution is -0.134. The van der Waals surface area contributed by atoms with E-state index in [1.54, 1.807) is 0 Å². The van der Waals surface area contributed by atoms with Crippen molar-refractivity contribution in [1.82, 2.24) is 9.80 Å². The van der Waals surface area contributed by atoms with Gasteiger partial charge in [0, 0.05) is 47.8 Å². The van der Waals surface area contributed by atoms with Crippen LogP contribution in [0.2, 0.25) is 0 Å². The fourth-order valence-electron chi connectivity index (χ4n) is 10.2. The molecule has 6 aromatic rings. The Kier molecular flexibility index (Phi) is 6.06. The van der Waals surface area contributed by atoms with Gasteiger partial charge in [-0.05, 0) is 62.1 Å². The minimum atomic E-state index is -1.13. The maximum atomic E-state index is 16.1. The molecular formula is C43H34N2O2S. The van der Waals surface area contributed by atoms with Gasteiger partial charge in [0.1, 0.15) is 5.54 Å². The van der Waals surface area contributed by atoms with Crippen molar-refractivity contribution in [3.63, 3.8) is 0 Å². The molecule has 4 nitrogen and oxygen atoms in total. The van der Waals surface area contributed by atoms with Crippen LogP contribution in [-0.4, -0.2) is 59.2 Å². The summed E-state index contributed by atoms with van der Waals surface area (Å²) in [6.45, 7) is 1.03. The molecule has 0 amide bonds. The predicted octanol–water partition coefficient (Wildman–Crippen LogP) is 8.29. The first-order valence-corrected chi connectivity index (χ1v) is 18.0. The number of nitrogens with zero attached hydrogens (tertiary/aromatic N) is 2. The van der Waals surface area contributed by atoms with Crippen molar-refractivity contribution in [2.75, 3.05) is 31.8 Å². The molecule has 0 N–H and O–H groups in total. The third-order valence-corrected chi connectivity index (χ3v) is 12.8. The summed E-state index contributed by atoms with van der Waals surface area (Å²) in [6, 6.07) is 42.2. The number of thioether (sulfide) groups is 1. The predicted molar refractivity (Wildman–Crippen MR) is 196 cm³/mol. The van der Waals surface area contributed by atoms with Crippen LogP contribution in [0.15, 0.2) is 127 Å². The highest BCUT2D eigenvalue weighted by Gasteiger charge is 2.78. The summed E-state index contributed by atoms with van der Waals surface area (Å²) in [5.41, 5.74) is 2.55. The molecule has 3 saturated heterocycles. The second-order valence-corrected chi connectivity index (χ2v) is 15.0. The zero-order valence-corrected chi connectivity index (χ0v) is 27.5. The van der Waals surface area contributed by atoms with Crippen LogP contribution < -0.4 is 0 Å². The lowest BCUT2D eigenvalue weighted by Crippen LogP contribution is -2.65. The minimum absolute atomic E-state index is 0.0172. The molecule has 48 heavy (non-hydrogen) atoms. The van der Waals surface area contributed by atoms with E-state index >= 15 is 9.59 Å². The van der Waals surface area contributed by atoms with Crippen molar-refractivity contribution in [1.29, 1.82) is 0 Å². The van der Waals surface area contributed by atoms with Crippen molar-refractivity contribution in [2.24, 2.45) is 5.41 Å². The summed E-state index contributed by atoms with van der Waals surface area (Å²) >= 11 is 1.89. The molecule has 3 heterocycles. The molecule has 10 rings (SSSR count). The monoisotopic (exact) mass is 642 g/mol. The van der Waals surface area contributed by atoms with Crippen molar-refractivity contribution in [3.05, 3.63) is 149 Å². The van der Waals surface area contributed by atoms with Gasteiger partial charge in [-0.1, -0.05) is 121 Å². The van der Waals surface area contributed by atoms with E-state index in [4.69, 9.17) is 0 Å². The fraction of sp³-hybridized carbons (Fsp3) is 0.209. The third kappa shape index (κ3) is 3.49. The van der Waals surface area contributed by atoms with Gasteiger partial charge in [-0.15, -0.1) is 11.8 Å². The number of hydrogen-bond acceptors (Lipinski definition) is 5. The highest BCUT2D eigenvalue weighted by Crippen LogP contribution is 2.70. The van der Waals surface area contributed by atoms with E-state index in [-0.39, 0.29) is 23.5 Å². The van der Waals surface area contributed by atoms with E-state index in [0.29, 0.717) is 19.0 Å². The number of Topliss-reactive ketones (excluding diaryl/α,β-unsaturated/α-hetero) is 2. The number of piperidine rings is 1. The maximum absolute atomic E-state index is 16.1. The van der Waals surface area contributed by atoms with Crippen LogP contribution in [-0.2, 0) is 10.3 Å². The lowest BCUT2D eigenvalue weighted by Gasteiger charge is -2.52. The van der Waals surface area contributed by atoms with Gasteiger partial charge in [-0.3, -0.25) is 14.5 Å². The normalized spacial score (nSPS) is 27.8. The Morgan fingerprint density at radius 3 is 2.23 bits per heavy atom. The average molecular weight is 643 g/mol. The van der Waals surface area contributed by atoms with Gasteiger partial charge < -0.3 is 4.90 Å². The van der Waals surface area contributed by atoms with Crippen LogP contribution in [0.4, 0.5) is 0 Å². The topological polar surface area (TPSA) is 40.6 Å². The van der Waals surface area contributed by atoms with Crippen molar-refractivity contribution in [3.8, 4) is 0 Å². The van der Waals surface area contributed by atoms with Gasteiger partial charge in [-0.2, -0.15) is 0 Å². The Morgan fingerprint density at radius 2 is 1.40 bits per heavy atom. The number of rotatable bonds is 2. The van der Waals surface area contributed by atoms with Gasteiger partial charge in [-0.25, -0.2) is 0 Å². The molecule has 4 aliphatic rings. The molecular weight excluding hydrogens is 609 g/mol. The molecule has 0 aromatic heterocycles. The number of benzene rings is 6. The summed E-state index contributed by atoms with van der Waals surface area (Å²) in [5.74, 6) is 1.58. The van der Waals surface area contributed by atoms with E-state index in [1.165, 1.54) is 10.9 Å². The highest BCUT2D eigenvalue weighted by molar-refractivity contribution is 7.99. The molecule has 5 heteroatoms. The molecule has 0 bridgehead atoms. The van der Waals surface area contributed by atoms with Crippen molar-refractivity contribution >= 4 is 61.7 Å². The number of likely N-dealkylation sites (N-methyl/N-ethyl adjacent to an activating group) is 1. The molecule has 2 spiro atoms. The molecule has 3 fully saturated rings. The van der Waals surface area contributed by atoms with E-state index in [9.17, 15) is 0 Å². The average Bonchev–Trinajstić information content (AvgIpc) is 3.75. The molecule has 0 unspecified atom stereocenters. The minimum Gasteiger partial charge on any atom is -0.301 e.